The molecule has 2 aromatic rings. The number of hydrogen-bond acceptors (Lipinski definition) is 5. The molecule has 25 heavy (non-hydrogen) atoms. The second-order valence-corrected chi connectivity index (χ2v) is 6.17. The maximum atomic E-state index is 11.8. The average Bonchev–Trinajstić information content (AvgIpc) is 2.61. The number of amides is 1. The van der Waals surface area contributed by atoms with E-state index in [0.29, 0.717) is 13.2 Å². The standard InChI is InChI=1S/C18H22N2O3S.ClH/c1-22-12-11-19-13-18(21)20-14-3-7-16(8-4-14)24-17-9-5-15(23-2)6-10-17;/h3-10,19H,11-13H2,1-2H3,(H,20,21);1H. The topological polar surface area (TPSA) is 59.6 Å². The summed E-state index contributed by atoms with van der Waals surface area (Å²) in [6.45, 7) is 1.51. The molecule has 2 aromatic carbocycles. The Morgan fingerprint density at radius 1 is 1.00 bits per heavy atom. The van der Waals surface area contributed by atoms with Crippen molar-refractivity contribution < 1.29 is 14.3 Å². The molecule has 0 bridgehead atoms. The van der Waals surface area contributed by atoms with Crippen LogP contribution in [0.4, 0.5) is 5.69 Å². The molecule has 0 fully saturated rings. The third-order valence-corrected chi connectivity index (χ3v) is 4.22. The van der Waals surface area contributed by atoms with Crippen LogP contribution in [0.15, 0.2) is 58.3 Å². The van der Waals surface area contributed by atoms with Crippen LogP contribution in [0.3, 0.4) is 0 Å². The molecule has 0 radical (unpaired) electrons. The molecule has 0 unspecified atom stereocenters. The zero-order valence-corrected chi connectivity index (χ0v) is 15.9. The first-order valence-electron chi connectivity index (χ1n) is 7.63. The van der Waals surface area contributed by atoms with Crippen molar-refractivity contribution in [3.8, 4) is 5.75 Å². The van der Waals surface area contributed by atoms with E-state index in [4.69, 9.17) is 9.47 Å². The molecule has 2 rings (SSSR count). The summed E-state index contributed by atoms with van der Waals surface area (Å²) in [7, 11) is 3.29. The number of halogens is 1. The Kier molecular flexibility index (Phi) is 10.0. The maximum absolute atomic E-state index is 11.8. The van der Waals surface area contributed by atoms with Gasteiger partial charge in [-0.05, 0) is 48.5 Å². The SMILES string of the molecule is COCCNCC(=O)Nc1ccc(Sc2ccc(OC)cc2)cc1.Cl. The Morgan fingerprint density at radius 2 is 1.60 bits per heavy atom. The quantitative estimate of drug-likeness (QED) is 0.650. The van der Waals surface area contributed by atoms with E-state index in [1.165, 1.54) is 0 Å². The van der Waals surface area contributed by atoms with Crippen molar-refractivity contribution in [3.05, 3.63) is 48.5 Å². The molecule has 0 atom stereocenters. The van der Waals surface area contributed by atoms with Crippen LogP contribution in [0.25, 0.3) is 0 Å². The van der Waals surface area contributed by atoms with Crippen molar-refractivity contribution in [1.29, 1.82) is 0 Å². The summed E-state index contributed by atoms with van der Waals surface area (Å²) in [6, 6.07) is 15.7. The van der Waals surface area contributed by atoms with Gasteiger partial charge < -0.3 is 20.1 Å². The fourth-order valence-corrected chi connectivity index (χ4v) is 2.78. The molecule has 2 N–H and O–H groups in total. The average molecular weight is 383 g/mol. The second kappa shape index (κ2) is 11.8. The van der Waals surface area contributed by atoms with Crippen LogP contribution < -0.4 is 15.4 Å². The molecule has 1 amide bonds. The molecule has 5 nitrogen and oxygen atoms in total. The summed E-state index contributed by atoms with van der Waals surface area (Å²) < 4.78 is 10.1. The van der Waals surface area contributed by atoms with Crippen LogP contribution in [0.2, 0.25) is 0 Å². The lowest BCUT2D eigenvalue weighted by atomic mass is 10.3. The Hall–Kier alpha value is -1.73. The first kappa shape index (κ1) is 21.3. The Morgan fingerprint density at radius 3 is 2.16 bits per heavy atom. The number of rotatable bonds is 9. The fraction of sp³-hybridized carbons (Fsp3) is 0.278. The number of ether oxygens (including phenoxy) is 2. The summed E-state index contributed by atoms with van der Waals surface area (Å²) in [5.41, 5.74) is 0.785. The van der Waals surface area contributed by atoms with E-state index in [0.717, 1.165) is 21.2 Å². The predicted octanol–water partition coefficient (Wildman–Crippen LogP) is 3.44. The van der Waals surface area contributed by atoms with Gasteiger partial charge in [-0.2, -0.15) is 0 Å². The monoisotopic (exact) mass is 382 g/mol. The minimum atomic E-state index is -0.0679. The van der Waals surface area contributed by atoms with Crippen LogP contribution in [0.5, 0.6) is 5.75 Å². The molecule has 0 saturated heterocycles. The molecule has 7 heteroatoms. The molecule has 0 aromatic heterocycles. The zero-order valence-electron chi connectivity index (χ0n) is 14.3. The first-order chi connectivity index (χ1) is 11.7. The van der Waals surface area contributed by atoms with Gasteiger partial charge in [0.05, 0.1) is 20.3 Å². The smallest absolute Gasteiger partial charge is 0.238 e. The van der Waals surface area contributed by atoms with E-state index in [2.05, 4.69) is 10.6 Å². The van der Waals surface area contributed by atoms with Gasteiger partial charge in [0.15, 0.2) is 0 Å². The fourth-order valence-electron chi connectivity index (χ4n) is 1.97. The number of anilines is 1. The minimum absolute atomic E-state index is 0. The van der Waals surface area contributed by atoms with Crippen molar-refractivity contribution >= 4 is 35.8 Å². The van der Waals surface area contributed by atoms with Crippen molar-refractivity contribution in [3.63, 3.8) is 0 Å². The number of carbonyl (C=O) groups is 1. The Labute approximate surface area is 158 Å². The lowest BCUT2D eigenvalue weighted by Gasteiger charge is -2.08. The third kappa shape index (κ3) is 7.79. The lowest BCUT2D eigenvalue weighted by Crippen LogP contribution is -2.30. The van der Waals surface area contributed by atoms with Crippen molar-refractivity contribution in [2.75, 3.05) is 39.2 Å². The highest BCUT2D eigenvalue weighted by Gasteiger charge is 2.03. The van der Waals surface area contributed by atoms with Crippen molar-refractivity contribution in [1.82, 2.24) is 5.32 Å². The van der Waals surface area contributed by atoms with E-state index in [-0.39, 0.29) is 24.9 Å². The maximum Gasteiger partial charge on any atom is 0.238 e. The largest absolute Gasteiger partial charge is 0.497 e. The van der Waals surface area contributed by atoms with E-state index in [9.17, 15) is 4.79 Å². The molecule has 0 spiro atoms. The van der Waals surface area contributed by atoms with E-state index in [1.807, 2.05) is 48.5 Å². The van der Waals surface area contributed by atoms with Gasteiger partial charge in [0, 0.05) is 29.1 Å². The summed E-state index contributed by atoms with van der Waals surface area (Å²) in [6.07, 6.45) is 0. The van der Waals surface area contributed by atoms with Crippen molar-refractivity contribution in [2.24, 2.45) is 0 Å². The number of carbonyl (C=O) groups excluding carboxylic acids is 1. The summed E-state index contributed by atoms with van der Waals surface area (Å²) in [5.74, 6) is 0.776. The van der Waals surface area contributed by atoms with Gasteiger partial charge in [-0.3, -0.25) is 4.79 Å². The number of methoxy groups -OCH3 is 2. The van der Waals surface area contributed by atoms with Crippen LogP contribution in [-0.2, 0) is 9.53 Å². The molecular weight excluding hydrogens is 360 g/mol. The number of hydrogen-bond donors (Lipinski definition) is 2. The lowest BCUT2D eigenvalue weighted by molar-refractivity contribution is -0.115. The molecule has 0 aliphatic heterocycles. The summed E-state index contributed by atoms with van der Waals surface area (Å²) in [5, 5.41) is 5.87. The molecule has 0 aliphatic carbocycles. The summed E-state index contributed by atoms with van der Waals surface area (Å²) in [4.78, 5) is 14.0. The molecular formula is C18H23ClN2O3S. The van der Waals surface area contributed by atoms with Crippen LogP contribution in [-0.4, -0.2) is 39.8 Å². The first-order valence-corrected chi connectivity index (χ1v) is 8.44. The molecule has 0 saturated carbocycles. The highest BCUT2D eigenvalue weighted by molar-refractivity contribution is 7.99. The van der Waals surface area contributed by atoms with E-state index in [1.54, 1.807) is 26.0 Å². The van der Waals surface area contributed by atoms with Crippen molar-refractivity contribution in [2.45, 2.75) is 9.79 Å². The van der Waals surface area contributed by atoms with Gasteiger partial charge in [-0.25, -0.2) is 0 Å². The van der Waals surface area contributed by atoms with E-state index < -0.39 is 0 Å². The van der Waals surface area contributed by atoms with Gasteiger partial charge in [0.2, 0.25) is 5.91 Å². The molecule has 0 aliphatic rings. The van der Waals surface area contributed by atoms with Gasteiger partial charge >= 0.3 is 0 Å². The second-order valence-electron chi connectivity index (χ2n) is 5.02. The third-order valence-electron chi connectivity index (χ3n) is 3.20. The zero-order chi connectivity index (χ0) is 17.2. The molecule has 136 valence electrons. The van der Waals surface area contributed by atoms with Crippen LogP contribution in [0, 0.1) is 0 Å². The minimum Gasteiger partial charge on any atom is -0.497 e. The molecule has 0 heterocycles. The number of nitrogens with one attached hydrogen (secondary N) is 2. The highest BCUT2D eigenvalue weighted by atomic mass is 35.5. The van der Waals surface area contributed by atoms with Crippen LogP contribution >= 0.6 is 24.2 Å². The van der Waals surface area contributed by atoms with Crippen LogP contribution in [0.1, 0.15) is 0 Å². The van der Waals surface area contributed by atoms with Gasteiger partial charge in [0.1, 0.15) is 5.75 Å². The van der Waals surface area contributed by atoms with Gasteiger partial charge in [-0.15, -0.1) is 12.4 Å². The van der Waals surface area contributed by atoms with Gasteiger partial charge in [-0.1, -0.05) is 11.8 Å². The van der Waals surface area contributed by atoms with E-state index >= 15 is 0 Å². The Balaban J connectivity index is 0.00000312. The highest BCUT2D eigenvalue weighted by Crippen LogP contribution is 2.29. The van der Waals surface area contributed by atoms with Gasteiger partial charge in [0.25, 0.3) is 0 Å². The number of benzene rings is 2. The predicted molar refractivity (Wildman–Crippen MR) is 104 cm³/mol. The summed E-state index contributed by atoms with van der Waals surface area (Å²) >= 11 is 1.66. The Bertz CT molecular complexity index is 636. The normalized spacial score (nSPS) is 10.0.